The summed E-state index contributed by atoms with van der Waals surface area (Å²) in [5.41, 5.74) is 2.29. The maximum Gasteiger partial charge on any atom is 0.339 e. The van der Waals surface area contributed by atoms with Crippen molar-refractivity contribution in [3.05, 3.63) is 82.1 Å². The first-order valence-electron chi connectivity index (χ1n) is 11.8. The first-order chi connectivity index (χ1) is 16.4. The van der Waals surface area contributed by atoms with Gasteiger partial charge in [0.25, 0.3) is 0 Å². The minimum Gasteiger partial charge on any atom is -0.545 e. The second kappa shape index (κ2) is 9.45. The minimum atomic E-state index is -2.32. The van der Waals surface area contributed by atoms with Gasteiger partial charge in [-0.05, 0) is 41.4 Å². The van der Waals surface area contributed by atoms with Gasteiger partial charge in [-0.25, -0.2) is 4.79 Å². The van der Waals surface area contributed by atoms with Gasteiger partial charge >= 0.3 is 5.97 Å². The van der Waals surface area contributed by atoms with Gasteiger partial charge in [0.05, 0.1) is 31.3 Å². The van der Waals surface area contributed by atoms with Crippen molar-refractivity contribution in [1.29, 1.82) is 0 Å². The number of fused-ring (bicyclic) bond motifs is 1. The molecule has 6 nitrogen and oxygen atoms in total. The summed E-state index contributed by atoms with van der Waals surface area (Å²) in [5, 5.41) is 4.27. The van der Waals surface area contributed by atoms with Crippen LogP contribution in [0.3, 0.4) is 0 Å². The Morgan fingerprint density at radius 2 is 1.66 bits per heavy atom. The maximum atomic E-state index is 13.4. The van der Waals surface area contributed by atoms with Crippen molar-refractivity contribution in [3.8, 4) is 0 Å². The first kappa shape index (κ1) is 25.5. The van der Waals surface area contributed by atoms with E-state index in [0.717, 1.165) is 11.1 Å². The van der Waals surface area contributed by atoms with Crippen molar-refractivity contribution in [3.63, 3.8) is 0 Å². The number of hydrazine groups is 1. The lowest BCUT2D eigenvalue weighted by atomic mass is 9.93. The number of ether oxygens (including phenoxy) is 1. The number of methoxy groups -OCH3 is 1. The van der Waals surface area contributed by atoms with E-state index in [1.165, 1.54) is 7.11 Å². The molecule has 2 aromatic rings. The normalized spacial score (nSPS) is 21.2. The summed E-state index contributed by atoms with van der Waals surface area (Å²) in [7, 11) is -0.939. The van der Waals surface area contributed by atoms with E-state index in [4.69, 9.17) is 20.8 Å². The number of rotatable bonds is 5. The van der Waals surface area contributed by atoms with Crippen LogP contribution in [0.4, 0.5) is 0 Å². The van der Waals surface area contributed by atoms with Crippen LogP contribution < -0.4 is 0 Å². The van der Waals surface area contributed by atoms with Gasteiger partial charge in [-0.15, -0.1) is 0 Å². The van der Waals surface area contributed by atoms with E-state index < -0.39 is 20.3 Å². The van der Waals surface area contributed by atoms with Crippen molar-refractivity contribution >= 4 is 31.8 Å². The van der Waals surface area contributed by atoms with E-state index in [0.29, 0.717) is 22.8 Å². The van der Waals surface area contributed by atoms with Crippen molar-refractivity contribution in [2.75, 3.05) is 13.7 Å². The van der Waals surface area contributed by atoms with Gasteiger partial charge < -0.3 is 9.16 Å². The molecule has 2 heterocycles. The highest BCUT2D eigenvalue weighted by atomic mass is 35.5. The Labute approximate surface area is 213 Å². The molecule has 0 aliphatic carbocycles. The summed E-state index contributed by atoms with van der Waals surface area (Å²) in [6, 6.07) is 16.5. The number of benzene rings is 2. The van der Waals surface area contributed by atoms with E-state index in [1.807, 2.05) is 47.5 Å². The third kappa shape index (κ3) is 4.77. The molecule has 0 radical (unpaired) electrons. The Morgan fingerprint density at radius 1 is 1.03 bits per heavy atom. The zero-order valence-corrected chi connectivity index (χ0v) is 22.9. The fourth-order valence-electron chi connectivity index (χ4n) is 4.45. The van der Waals surface area contributed by atoms with Crippen LogP contribution in [-0.4, -0.2) is 43.9 Å². The quantitative estimate of drug-likeness (QED) is 0.361. The Bertz CT molecular complexity index is 1140. The lowest BCUT2D eigenvalue weighted by Gasteiger charge is -2.46. The molecule has 2 atom stereocenters. The number of hydrogen-bond donors (Lipinski definition) is 0. The molecule has 2 aliphatic heterocycles. The van der Waals surface area contributed by atoms with Gasteiger partial charge in [0.1, 0.15) is 5.76 Å². The molecule has 1 fully saturated rings. The average Bonchev–Trinajstić information content (AvgIpc) is 3.14. The van der Waals surface area contributed by atoms with Crippen LogP contribution >= 0.6 is 11.6 Å². The summed E-state index contributed by atoms with van der Waals surface area (Å²) < 4.78 is 12.0. The predicted molar refractivity (Wildman–Crippen MR) is 139 cm³/mol. The van der Waals surface area contributed by atoms with Crippen molar-refractivity contribution < 1.29 is 18.8 Å². The molecular weight excluding hydrogens is 480 g/mol. The smallest absolute Gasteiger partial charge is 0.339 e. The number of carbonyl (C=O) groups is 2. The fraction of sp³-hybridized carbons (Fsp3) is 0.407. The Morgan fingerprint density at radius 3 is 2.23 bits per heavy atom. The van der Waals surface area contributed by atoms with Crippen LogP contribution in [-0.2, 0) is 18.8 Å². The number of halogens is 1. The van der Waals surface area contributed by atoms with Crippen LogP contribution in [0, 0.1) is 0 Å². The van der Waals surface area contributed by atoms with Crippen molar-refractivity contribution in [1.82, 2.24) is 10.0 Å². The second-order valence-corrected chi connectivity index (χ2v) is 15.8. The van der Waals surface area contributed by atoms with Crippen LogP contribution in [0.5, 0.6) is 0 Å². The van der Waals surface area contributed by atoms with Crippen LogP contribution in [0.15, 0.2) is 65.9 Å². The number of carbonyl (C=O) groups excluding carboxylic acids is 2. The van der Waals surface area contributed by atoms with Crippen molar-refractivity contribution in [2.24, 2.45) is 0 Å². The number of nitrogens with zero attached hydrogens (tertiary/aromatic N) is 2. The fourth-order valence-corrected chi connectivity index (χ4v) is 5.67. The molecule has 2 aliphatic rings. The van der Waals surface area contributed by atoms with Crippen LogP contribution in [0.2, 0.25) is 23.2 Å². The lowest BCUT2D eigenvalue weighted by molar-refractivity contribution is -0.149. The summed E-state index contributed by atoms with van der Waals surface area (Å²) in [6.07, 6.45) is 0.315. The highest BCUT2D eigenvalue weighted by Crippen LogP contribution is 2.49. The summed E-state index contributed by atoms with van der Waals surface area (Å²) in [6.45, 7) is 10.9. The molecule has 0 spiro atoms. The third-order valence-corrected chi connectivity index (χ3v) is 12.0. The second-order valence-electron chi connectivity index (χ2n) is 10.6. The monoisotopic (exact) mass is 512 g/mol. The zero-order chi connectivity index (χ0) is 25.5. The molecule has 8 heteroatoms. The molecule has 35 heavy (non-hydrogen) atoms. The first-order valence-corrected chi connectivity index (χ1v) is 15.1. The van der Waals surface area contributed by atoms with Gasteiger partial charge in [0.2, 0.25) is 14.2 Å². The van der Waals surface area contributed by atoms with Gasteiger partial charge in [-0.1, -0.05) is 74.8 Å². The molecule has 1 amide bonds. The molecule has 0 bridgehead atoms. The molecular formula is C27H33ClN2O4Si. The van der Waals surface area contributed by atoms with E-state index in [2.05, 4.69) is 33.9 Å². The minimum absolute atomic E-state index is 0.00179. The molecule has 0 N–H and O–H groups in total. The lowest BCUT2D eigenvalue weighted by Crippen LogP contribution is -2.51. The average molecular weight is 513 g/mol. The Hall–Kier alpha value is -2.61. The van der Waals surface area contributed by atoms with Gasteiger partial charge in [-0.3, -0.25) is 9.80 Å². The number of amides is 1. The topological polar surface area (TPSA) is 59.1 Å². The van der Waals surface area contributed by atoms with Gasteiger partial charge in [0, 0.05) is 11.4 Å². The summed E-state index contributed by atoms with van der Waals surface area (Å²) in [4.78, 5) is 26.7. The Kier molecular flexibility index (Phi) is 6.88. The SMILES string of the molecule is COC(=O)C1=C(O[Si](C)(C)C(C)(C)C)CN2C(=O)C[C@H](c3ccccc3)N2[C@@H]1c1ccc(Cl)cc1. The summed E-state index contributed by atoms with van der Waals surface area (Å²) in [5.74, 6) is 0.0595. The molecule has 0 saturated carbocycles. The molecule has 1 saturated heterocycles. The predicted octanol–water partition coefficient (Wildman–Crippen LogP) is 6.03. The molecule has 0 unspecified atom stereocenters. The molecule has 186 valence electrons. The zero-order valence-electron chi connectivity index (χ0n) is 21.2. The van der Waals surface area contributed by atoms with E-state index in [9.17, 15) is 9.59 Å². The standard InChI is InChI=1S/C27H33ClN2O4Si/c1-27(2,3)35(5,6)34-22-17-29-23(31)16-21(18-10-8-7-9-11-18)30(29)25(24(22)26(32)33-4)19-12-14-20(28)15-13-19/h7-15,21,25H,16-17H2,1-6H3/t21-,25-/m1/s1. The molecule has 4 rings (SSSR count). The van der Waals surface area contributed by atoms with Gasteiger partial charge in [-0.2, -0.15) is 5.01 Å². The maximum absolute atomic E-state index is 13.4. The highest BCUT2D eigenvalue weighted by molar-refractivity contribution is 6.74. The molecule has 0 aromatic heterocycles. The Balaban J connectivity index is 1.93. The van der Waals surface area contributed by atoms with E-state index in [-0.39, 0.29) is 23.5 Å². The van der Waals surface area contributed by atoms with E-state index >= 15 is 0 Å². The highest BCUT2D eigenvalue weighted by Gasteiger charge is 2.51. The molecule has 2 aromatic carbocycles. The van der Waals surface area contributed by atoms with Crippen LogP contribution in [0.25, 0.3) is 0 Å². The largest absolute Gasteiger partial charge is 0.545 e. The van der Waals surface area contributed by atoms with Crippen molar-refractivity contribution in [2.45, 2.75) is 57.4 Å². The summed E-state index contributed by atoms with van der Waals surface area (Å²) >= 11 is 6.20. The number of esters is 1. The van der Waals surface area contributed by atoms with Crippen LogP contribution in [0.1, 0.15) is 50.4 Å². The number of hydrogen-bond acceptors (Lipinski definition) is 5. The van der Waals surface area contributed by atoms with Gasteiger partial charge in [0.15, 0.2) is 0 Å². The van der Waals surface area contributed by atoms with E-state index in [1.54, 1.807) is 17.1 Å². The third-order valence-electron chi connectivity index (χ3n) is 7.35.